The van der Waals surface area contributed by atoms with Crippen molar-refractivity contribution in [3.05, 3.63) is 59.2 Å². The van der Waals surface area contributed by atoms with Gasteiger partial charge in [-0.15, -0.1) is 0 Å². The Kier molecular flexibility index (Phi) is 8.32. The number of sulfonamides is 1. The number of benzene rings is 2. The maximum absolute atomic E-state index is 13.0. The summed E-state index contributed by atoms with van der Waals surface area (Å²) in [4.78, 5) is 12.9. The number of nitrogens with one attached hydrogen (secondary N) is 1. The van der Waals surface area contributed by atoms with Gasteiger partial charge < -0.3 is 10.1 Å². The minimum absolute atomic E-state index is 0.0455. The van der Waals surface area contributed by atoms with Crippen molar-refractivity contribution in [2.45, 2.75) is 63.3 Å². The van der Waals surface area contributed by atoms with Crippen LogP contribution in [0.15, 0.2) is 47.4 Å². The van der Waals surface area contributed by atoms with Crippen LogP contribution in [0.2, 0.25) is 0 Å². The van der Waals surface area contributed by atoms with Crippen LogP contribution in [0.1, 0.15) is 61.8 Å². The molecule has 0 spiro atoms. The average Bonchev–Trinajstić information content (AvgIpc) is 2.82. The van der Waals surface area contributed by atoms with Gasteiger partial charge in [0.25, 0.3) is 0 Å². The summed E-state index contributed by atoms with van der Waals surface area (Å²) < 4.78 is 33.1. The smallest absolute Gasteiger partial charge is 0.243 e. The minimum atomic E-state index is -3.53. The number of carbonyl (C=O) groups is 1. The highest BCUT2D eigenvalue weighted by Gasteiger charge is 2.26. The topological polar surface area (TPSA) is 75.7 Å². The summed E-state index contributed by atoms with van der Waals surface area (Å²) in [6, 6.07) is 13.1. The van der Waals surface area contributed by atoms with Crippen molar-refractivity contribution in [1.29, 1.82) is 0 Å². The van der Waals surface area contributed by atoms with Crippen LogP contribution in [0.4, 0.5) is 0 Å². The van der Waals surface area contributed by atoms with Crippen LogP contribution in [0, 0.1) is 6.92 Å². The van der Waals surface area contributed by atoms with Crippen molar-refractivity contribution in [3.8, 4) is 5.75 Å². The SMILES string of the molecule is CCC(NC(=O)CCc1cc(S(=O)(=O)N2CCCCC2)ccc1OC)c1ccc(C)cc1. The molecule has 1 unspecified atom stereocenters. The standard InChI is InChI=1S/C25H34N2O4S/c1-4-23(20-10-8-19(2)9-11-20)26-25(28)15-12-21-18-22(13-14-24(21)31-3)32(29,30)27-16-6-5-7-17-27/h8-11,13-14,18,23H,4-7,12,15-17H2,1-3H3,(H,26,28). The van der Waals surface area contributed by atoms with Crippen molar-refractivity contribution < 1.29 is 17.9 Å². The van der Waals surface area contributed by atoms with Crippen LogP contribution in [-0.4, -0.2) is 38.8 Å². The van der Waals surface area contributed by atoms with Gasteiger partial charge in [-0.05, 0) is 61.9 Å². The van der Waals surface area contributed by atoms with E-state index < -0.39 is 10.0 Å². The molecule has 1 aliphatic heterocycles. The molecule has 0 radical (unpaired) electrons. The molecule has 174 valence electrons. The molecule has 0 saturated carbocycles. The van der Waals surface area contributed by atoms with E-state index in [4.69, 9.17) is 4.74 Å². The van der Waals surface area contributed by atoms with Gasteiger partial charge in [-0.3, -0.25) is 4.79 Å². The van der Waals surface area contributed by atoms with Crippen molar-refractivity contribution in [3.63, 3.8) is 0 Å². The first kappa shape index (κ1) is 24.3. The molecule has 0 aliphatic carbocycles. The Morgan fingerprint density at radius 3 is 2.41 bits per heavy atom. The molecule has 1 atom stereocenters. The Morgan fingerprint density at radius 1 is 1.09 bits per heavy atom. The zero-order valence-corrected chi connectivity index (χ0v) is 20.1. The number of ether oxygens (including phenoxy) is 1. The van der Waals surface area contributed by atoms with Gasteiger partial charge in [0.15, 0.2) is 0 Å². The number of amides is 1. The van der Waals surface area contributed by atoms with E-state index in [9.17, 15) is 13.2 Å². The van der Waals surface area contributed by atoms with Crippen LogP contribution in [0.25, 0.3) is 0 Å². The number of hydrogen-bond donors (Lipinski definition) is 1. The fourth-order valence-corrected chi connectivity index (χ4v) is 5.67. The first-order valence-electron chi connectivity index (χ1n) is 11.4. The summed E-state index contributed by atoms with van der Waals surface area (Å²) in [6.45, 7) is 5.20. The molecule has 1 aliphatic rings. The summed E-state index contributed by atoms with van der Waals surface area (Å²) in [6.07, 6.45) is 4.30. The molecule has 6 nitrogen and oxygen atoms in total. The first-order chi connectivity index (χ1) is 15.3. The van der Waals surface area contributed by atoms with E-state index in [0.717, 1.165) is 36.8 Å². The minimum Gasteiger partial charge on any atom is -0.496 e. The molecule has 2 aromatic rings. The van der Waals surface area contributed by atoms with Crippen LogP contribution in [0.5, 0.6) is 5.75 Å². The number of piperidine rings is 1. The Hall–Kier alpha value is -2.38. The third kappa shape index (κ3) is 5.90. The molecule has 0 bridgehead atoms. The molecule has 1 N–H and O–H groups in total. The highest BCUT2D eigenvalue weighted by molar-refractivity contribution is 7.89. The van der Waals surface area contributed by atoms with Crippen LogP contribution in [-0.2, 0) is 21.2 Å². The van der Waals surface area contributed by atoms with Gasteiger partial charge in [0.1, 0.15) is 5.75 Å². The summed E-state index contributed by atoms with van der Waals surface area (Å²) in [5.41, 5.74) is 2.99. The van der Waals surface area contributed by atoms with Gasteiger partial charge in [0.2, 0.25) is 15.9 Å². The third-order valence-corrected chi connectivity index (χ3v) is 7.94. The average molecular weight is 459 g/mol. The molecule has 1 fully saturated rings. The predicted molar refractivity (Wildman–Crippen MR) is 126 cm³/mol. The molecule has 32 heavy (non-hydrogen) atoms. The van der Waals surface area contributed by atoms with Gasteiger partial charge in [0.05, 0.1) is 18.0 Å². The molecule has 1 heterocycles. The molecular formula is C25H34N2O4S. The normalized spacial score (nSPS) is 15.8. The quantitative estimate of drug-likeness (QED) is 0.605. The number of aryl methyl sites for hydroxylation is 2. The van der Waals surface area contributed by atoms with Crippen molar-refractivity contribution >= 4 is 15.9 Å². The maximum Gasteiger partial charge on any atom is 0.243 e. The van der Waals surface area contributed by atoms with E-state index in [2.05, 4.69) is 5.32 Å². The van der Waals surface area contributed by atoms with Crippen molar-refractivity contribution in [1.82, 2.24) is 9.62 Å². The number of methoxy groups -OCH3 is 1. The van der Waals surface area contributed by atoms with Crippen LogP contribution in [0.3, 0.4) is 0 Å². The summed E-state index contributed by atoms with van der Waals surface area (Å²) in [5, 5.41) is 3.10. The molecule has 1 amide bonds. The number of nitrogens with zero attached hydrogens (tertiary/aromatic N) is 1. The van der Waals surface area contributed by atoms with Crippen LogP contribution < -0.4 is 10.1 Å². The number of rotatable bonds is 9. The Balaban J connectivity index is 1.70. The van der Waals surface area contributed by atoms with E-state index in [-0.39, 0.29) is 23.3 Å². The van der Waals surface area contributed by atoms with E-state index in [1.165, 1.54) is 5.56 Å². The molecule has 0 aromatic heterocycles. The summed E-state index contributed by atoms with van der Waals surface area (Å²) in [7, 11) is -1.98. The summed E-state index contributed by atoms with van der Waals surface area (Å²) >= 11 is 0. The van der Waals surface area contributed by atoms with Gasteiger partial charge >= 0.3 is 0 Å². The van der Waals surface area contributed by atoms with E-state index in [0.29, 0.717) is 25.3 Å². The van der Waals surface area contributed by atoms with Crippen molar-refractivity contribution in [2.75, 3.05) is 20.2 Å². The second-order valence-electron chi connectivity index (χ2n) is 8.38. The highest BCUT2D eigenvalue weighted by atomic mass is 32.2. The Morgan fingerprint density at radius 2 is 1.78 bits per heavy atom. The molecule has 2 aromatic carbocycles. The lowest BCUT2D eigenvalue weighted by molar-refractivity contribution is -0.121. The predicted octanol–water partition coefficient (Wildman–Crippen LogP) is 4.38. The lowest BCUT2D eigenvalue weighted by atomic mass is 10.0. The molecule has 3 rings (SSSR count). The maximum atomic E-state index is 13.0. The summed E-state index contributed by atoms with van der Waals surface area (Å²) in [5.74, 6) is 0.532. The van der Waals surface area contributed by atoms with Gasteiger partial charge in [-0.25, -0.2) is 8.42 Å². The van der Waals surface area contributed by atoms with Crippen molar-refractivity contribution in [2.24, 2.45) is 0 Å². The highest BCUT2D eigenvalue weighted by Crippen LogP contribution is 2.27. The fraction of sp³-hybridized carbons (Fsp3) is 0.480. The second kappa shape index (κ2) is 11.0. The molecule has 7 heteroatoms. The molecular weight excluding hydrogens is 424 g/mol. The Labute approximate surface area is 192 Å². The van der Waals surface area contributed by atoms with E-state index >= 15 is 0 Å². The fourth-order valence-electron chi connectivity index (χ4n) is 4.10. The monoisotopic (exact) mass is 458 g/mol. The first-order valence-corrected chi connectivity index (χ1v) is 12.8. The van der Waals surface area contributed by atoms with Gasteiger partial charge in [0, 0.05) is 19.5 Å². The Bertz CT molecular complexity index is 1010. The number of hydrogen-bond acceptors (Lipinski definition) is 4. The zero-order valence-electron chi connectivity index (χ0n) is 19.3. The zero-order chi connectivity index (χ0) is 23.1. The second-order valence-corrected chi connectivity index (χ2v) is 10.3. The van der Waals surface area contributed by atoms with Crippen LogP contribution >= 0.6 is 0 Å². The van der Waals surface area contributed by atoms with E-state index in [1.54, 1.807) is 29.6 Å². The lowest BCUT2D eigenvalue weighted by Crippen LogP contribution is -2.35. The van der Waals surface area contributed by atoms with E-state index in [1.807, 2.05) is 38.1 Å². The lowest BCUT2D eigenvalue weighted by Gasteiger charge is -2.26. The molecule has 1 saturated heterocycles. The number of carbonyl (C=O) groups excluding carboxylic acids is 1. The van der Waals surface area contributed by atoms with Gasteiger partial charge in [-0.1, -0.05) is 43.2 Å². The third-order valence-electron chi connectivity index (χ3n) is 6.05. The largest absolute Gasteiger partial charge is 0.496 e. The van der Waals surface area contributed by atoms with Gasteiger partial charge in [-0.2, -0.15) is 4.31 Å².